The van der Waals surface area contributed by atoms with E-state index in [2.05, 4.69) is 20.7 Å². The number of aromatic nitrogens is 2. The smallest absolute Gasteiger partial charge is 0.291 e. The number of methoxy groups -OCH3 is 2. The molecule has 0 aliphatic heterocycles. The van der Waals surface area contributed by atoms with Crippen LogP contribution in [0.5, 0.6) is 11.5 Å². The van der Waals surface area contributed by atoms with Crippen LogP contribution >= 0.6 is 0 Å². The van der Waals surface area contributed by atoms with Gasteiger partial charge in [-0.3, -0.25) is 9.89 Å². The number of benzene rings is 1. The summed E-state index contributed by atoms with van der Waals surface area (Å²) in [4.78, 5) is 12.0. The number of nitrogens with one attached hydrogen (secondary N) is 2. The van der Waals surface area contributed by atoms with Gasteiger partial charge in [0.1, 0.15) is 11.5 Å². The molecule has 7 heteroatoms. The Bertz CT molecular complexity index is 735. The van der Waals surface area contributed by atoms with E-state index in [9.17, 15) is 4.79 Å². The van der Waals surface area contributed by atoms with Crippen molar-refractivity contribution in [3.8, 4) is 11.5 Å². The molecule has 0 bridgehead atoms. The molecule has 23 heavy (non-hydrogen) atoms. The van der Waals surface area contributed by atoms with Crippen molar-refractivity contribution in [3.63, 3.8) is 0 Å². The molecule has 0 spiro atoms. The fourth-order valence-corrected chi connectivity index (χ4v) is 2.21. The summed E-state index contributed by atoms with van der Waals surface area (Å²) in [5.74, 6) is 1.49. The minimum atomic E-state index is -0.355. The van der Waals surface area contributed by atoms with Gasteiger partial charge in [0, 0.05) is 17.2 Å². The molecule has 1 heterocycles. The Morgan fingerprint density at radius 2 is 2.17 bits per heavy atom. The van der Waals surface area contributed by atoms with Crippen molar-refractivity contribution >= 4 is 12.1 Å². The monoisotopic (exact) mass is 314 g/mol. The fourth-order valence-electron chi connectivity index (χ4n) is 2.21. The van der Waals surface area contributed by atoms with E-state index in [1.807, 2.05) is 0 Å². The van der Waals surface area contributed by atoms with E-state index in [0.29, 0.717) is 28.7 Å². The first-order valence-electron chi connectivity index (χ1n) is 7.32. The van der Waals surface area contributed by atoms with E-state index >= 15 is 0 Å². The lowest BCUT2D eigenvalue weighted by Crippen LogP contribution is -2.18. The predicted octanol–water partition coefficient (Wildman–Crippen LogP) is 2.07. The highest BCUT2D eigenvalue weighted by molar-refractivity contribution is 5.93. The van der Waals surface area contributed by atoms with Gasteiger partial charge in [-0.2, -0.15) is 10.2 Å². The number of nitrogens with zero attached hydrogens (tertiary/aromatic N) is 2. The second-order valence-electron chi connectivity index (χ2n) is 5.29. The largest absolute Gasteiger partial charge is 0.497 e. The van der Waals surface area contributed by atoms with Crippen LogP contribution in [0.15, 0.2) is 29.4 Å². The molecule has 2 aromatic rings. The van der Waals surface area contributed by atoms with Crippen molar-refractivity contribution in [3.05, 3.63) is 41.2 Å². The summed E-state index contributed by atoms with van der Waals surface area (Å²) >= 11 is 0. The molecule has 1 amide bonds. The van der Waals surface area contributed by atoms with Gasteiger partial charge in [-0.15, -0.1) is 0 Å². The summed E-state index contributed by atoms with van der Waals surface area (Å²) in [5, 5.41) is 10.9. The molecule has 1 aliphatic carbocycles. The third kappa shape index (κ3) is 3.50. The van der Waals surface area contributed by atoms with Gasteiger partial charge in [-0.1, -0.05) is 0 Å². The third-order valence-electron chi connectivity index (χ3n) is 3.65. The number of hydrogen-bond donors (Lipinski definition) is 2. The molecule has 1 aromatic carbocycles. The summed E-state index contributed by atoms with van der Waals surface area (Å²) in [6.45, 7) is 0. The van der Waals surface area contributed by atoms with Crippen LogP contribution in [-0.2, 0) is 0 Å². The van der Waals surface area contributed by atoms with Gasteiger partial charge in [-0.05, 0) is 37.1 Å². The second-order valence-corrected chi connectivity index (χ2v) is 5.29. The SMILES string of the molecule is COc1ccc(OC)c(/C=N/NC(=O)c2cc(C3CC3)[nH]n2)c1. The van der Waals surface area contributed by atoms with Crippen LogP contribution in [-0.4, -0.2) is 36.5 Å². The molecule has 120 valence electrons. The first-order valence-corrected chi connectivity index (χ1v) is 7.32. The van der Waals surface area contributed by atoms with E-state index in [0.717, 1.165) is 18.5 Å². The molecule has 0 unspecified atom stereocenters. The van der Waals surface area contributed by atoms with Crippen LogP contribution in [0.4, 0.5) is 0 Å². The Kier molecular flexibility index (Phi) is 4.27. The van der Waals surface area contributed by atoms with Crippen molar-refractivity contribution in [1.29, 1.82) is 0 Å². The highest BCUT2D eigenvalue weighted by atomic mass is 16.5. The van der Waals surface area contributed by atoms with Crippen LogP contribution < -0.4 is 14.9 Å². The lowest BCUT2D eigenvalue weighted by atomic mass is 10.2. The lowest BCUT2D eigenvalue weighted by Gasteiger charge is -2.06. The number of carbonyl (C=O) groups is 1. The number of rotatable bonds is 6. The van der Waals surface area contributed by atoms with Gasteiger partial charge in [0.25, 0.3) is 5.91 Å². The van der Waals surface area contributed by atoms with E-state index in [1.54, 1.807) is 38.5 Å². The molecule has 1 aliphatic rings. The maximum absolute atomic E-state index is 12.0. The van der Waals surface area contributed by atoms with E-state index in [-0.39, 0.29) is 5.91 Å². The minimum absolute atomic E-state index is 0.335. The van der Waals surface area contributed by atoms with Crippen LogP contribution in [0.25, 0.3) is 0 Å². The topological polar surface area (TPSA) is 88.6 Å². The number of amides is 1. The zero-order valence-electron chi connectivity index (χ0n) is 13.0. The Balaban J connectivity index is 1.66. The molecule has 0 radical (unpaired) electrons. The van der Waals surface area contributed by atoms with Gasteiger partial charge in [-0.25, -0.2) is 5.43 Å². The maximum atomic E-state index is 12.0. The molecule has 3 rings (SSSR count). The van der Waals surface area contributed by atoms with Crippen LogP contribution in [0, 0.1) is 0 Å². The molecular weight excluding hydrogens is 296 g/mol. The van der Waals surface area contributed by atoms with E-state index in [4.69, 9.17) is 9.47 Å². The Labute approximate surface area is 133 Å². The number of H-pyrrole nitrogens is 1. The van der Waals surface area contributed by atoms with E-state index in [1.165, 1.54) is 6.21 Å². The Morgan fingerprint density at radius 3 is 2.87 bits per heavy atom. The zero-order chi connectivity index (χ0) is 16.2. The van der Waals surface area contributed by atoms with Gasteiger partial charge >= 0.3 is 0 Å². The lowest BCUT2D eigenvalue weighted by molar-refractivity contribution is 0.0950. The number of aromatic amines is 1. The maximum Gasteiger partial charge on any atom is 0.291 e. The van der Waals surface area contributed by atoms with Gasteiger partial charge < -0.3 is 9.47 Å². The highest BCUT2D eigenvalue weighted by Crippen LogP contribution is 2.38. The summed E-state index contributed by atoms with van der Waals surface area (Å²) in [5.41, 5.74) is 4.51. The highest BCUT2D eigenvalue weighted by Gasteiger charge is 2.26. The average molecular weight is 314 g/mol. The number of hydrogen-bond acceptors (Lipinski definition) is 5. The minimum Gasteiger partial charge on any atom is -0.497 e. The van der Waals surface area contributed by atoms with Gasteiger partial charge in [0.2, 0.25) is 0 Å². The Hall–Kier alpha value is -2.83. The summed E-state index contributed by atoms with van der Waals surface area (Å²) in [7, 11) is 3.15. The Morgan fingerprint density at radius 1 is 1.35 bits per heavy atom. The number of ether oxygens (including phenoxy) is 2. The summed E-state index contributed by atoms with van der Waals surface area (Å²) < 4.78 is 10.4. The predicted molar refractivity (Wildman–Crippen MR) is 85.2 cm³/mol. The molecule has 1 fully saturated rings. The zero-order valence-corrected chi connectivity index (χ0v) is 13.0. The molecular formula is C16H18N4O3. The molecule has 1 saturated carbocycles. The van der Waals surface area contributed by atoms with Crippen molar-refractivity contribution < 1.29 is 14.3 Å². The normalized spacial score (nSPS) is 14.0. The quantitative estimate of drug-likeness (QED) is 0.631. The third-order valence-corrected chi connectivity index (χ3v) is 3.65. The van der Waals surface area contributed by atoms with Crippen LogP contribution in [0.2, 0.25) is 0 Å². The van der Waals surface area contributed by atoms with Crippen molar-refractivity contribution in [1.82, 2.24) is 15.6 Å². The fraction of sp³-hybridized carbons (Fsp3) is 0.312. The van der Waals surface area contributed by atoms with Crippen molar-refractivity contribution in [2.24, 2.45) is 5.10 Å². The molecule has 1 aromatic heterocycles. The first kappa shape index (κ1) is 15.1. The van der Waals surface area contributed by atoms with Gasteiger partial charge in [0.15, 0.2) is 5.69 Å². The van der Waals surface area contributed by atoms with Crippen LogP contribution in [0.3, 0.4) is 0 Å². The van der Waals surface area contributed by atoms with Crippen LogP contribution in [0.1, 0.15) is 40.5 Å². The number of carbonyl (C=O) groups excluding carboxylic acids is 1. The summed E-state index contributed by atoms with van der Waals surface area (Å²) in [6.07, 6.45) is 3.81. The molecule has 7 nitrogen and oxygen atoms in total. The number of hydrazone groups is 1. The summed E-state index contributed by atoms with van der Waals surface area (Å²) in [6, 6.07) is 7.11. The van der Waals surface area contributed by atoms with Crippen molar-refractivity contribution in [2.45, 2.75) is 18.8 Å². The first-order chi connectivity index (χ1) is 11.2. The average Bonchev–Trinajstić information content (AvgIpc) is 3.31. The second kappa shape index (κ2) is 6.51. The van der Waals surface area contributed by atoms with Crippen molar-refractivity contribution in [2.75, 3.05) is 14.2 Å². The standard InChI is InChI=1S/C16H18N4O3/c1-22-12-5-6-15(23-2)11(7-12)9-17-20-16(21)14-8-13(18-19-14)10-3-4-10/h5-10H,3-4H2,1-2H3,(H,18,19)(H,20,21)/b17-9+. The molecule has 0 saturated heterocycles. The van der Waals surface area contributed by atoms with Gasteiger partial charge in [0.05, 0.1) is 20.4 Å². The van der Waals surface area contributed by atoms with E-state index < -0.39 is 0 Å². The molecule has 2 N–H and O–H groups in total. The molecule has 0 atom stereocenters.